The minimum absolute atomic E-state index is 0.00671. The molecule has 2 aromatic rings. The Morgan fingerprint density at radius 1 is 1.24 bits per heavy atom. The molecule has 8 heteroatoms. The highest BCUT2D eigenvalue weighted by Crippen LogP contribution is 2.21. The molecule has 0 fully saturated rings. The summed E-state index contributed by atoms with van der Waals surface area (Å²) < 4.78 is 38.2. The third kappa shape index (κ3) is 5.53. The molecule has 0 radical (unpaired) electrons. The maximum absolute atomic E-state index is 14.0. The molecule has 0 aliphatic heterocycles. The van der Waals surface area contributed by atoms with Gasteiger partial charge in [0.25, 0.3) is 0 Å². The third-order valence-electron chi connectivity index (χ3n) is 3.55. The molecule has 136 valence electrons. The van der Waals surface area contributed by atoms with Crippen LogP contribution in [0.3, 0.4) is 0 Å². The smallest absolute Gasteiger partial charge is 0.318 e. The number of halogens is 2. The molecule has 0 aliphatic rings. The Kier molecular flexibility index (Phi) is 6.88. The van der Waals surface area contributed by atoms with Gasteiger partial charge in [-0.15, -0.1) is 0 Å². The average molecular weight is 353 g/mol. The highest BCUT2D eigenvalue weighted by atomic mass is 19.1. The molecule has 1 aromatic heterocycles. The summed E-state index contributed by atoms with van der Waals surface area (Å²) in [4.78, 5) is 7.46. The summed E-state index contributed by atoms with van der Waals surface area (Å²) in [6.07, 6.45) is 1.88. The monoisotopic (exact) mass is 353 g/mol. The first-order valence-electron chi connectivity index (χ1n) is 7.94. The van der Waals surface area contributed by atoms with E-state index in [9.17, 15) is 8.78 Å². The van der Waals surface area contributed by atoms with E-state index in [0.29, 0.717) is 18.1 Å². The van der Waals surface area contributed by atoms with E-state index in [0.717, 1.165) is 12.6 Å². The van der Waals surface area contributed by atoms with Gasteiger partial charge in [-0.1, -0.05) is 26.3 Å². The molecule has 1 heterocycles. The summed E-state index contributed by atoms with van der Waals surface area (Å²) in [5, 5.41) is 11.1. The Morgan fingerprint density at radius 3 is 2.72 bits per heavy atom. The van der Waals surface area contributed by atoms with Crippen LogP contribution >= 0.6 is 0 Å². The van der Waals surface area contributed by atoms with Crippen LogP contribution in [0.1, 0.15) is 25.8 Å². The summed E-state index contributed by atoms with van der Waals surface area (Å²) in [7, 11) is 0. The molecular weight excluding hydrogens is 332 g/mol. The Labute approximate surface area is 144 Å². The van der Waals surface area contributed by atoms with Crippen LogP contribution in [0.5, 0.6) is 11.8 Å². The second kappa shape index (κ2) is 9.12. The van der Waals surface area contributed by atoms with Crippen molar-refractivity contribution in [3.05, 3.63) is 41.6 Å². The van der Waals surface area contributed by atoms with Crippen LogP contribution in [0.25, 0.3) is 0 Å². The first kappa shape index (κ1) is 18.9. The molecule has 0 saturated heterocycles. The lowest BCUT2D eigenvalue weighted by molar-refractivity contribution is 0.245. The third-order valence-corrected chi connectivity index (χ3v) is 3.55. The summed E-state index contributed by atoms with van der Waals surface area (Å²) in [6, 6.07) is 4.43. The van der Waals surface area contributed by atoms with Crippen LogP contribution < -0.4 is 14.8 Å². The molecule has 25 heavy (non-hydrogen) atoms. The van der Waals surface area contributed by atoms with E-state index in [2.05, 4.69) is 15.3 Å². The minimum Gasteiger partial charge on any atom is -0.490 e. The highest BCUT2D eigenvalue weighted by Gasteiger charge is 2.10. The summed E-state index contributed by atoms with van der Waals surface area (Å²) in [5.74, 6) is -0.828. The summed E-state index contributed by atoms with van der Waals surface area (Å²) >= 11 is 0. The van der Waals surface area contributed by atoms with Gasteiger partial charge in [-0.05, 0) is 23.6 Å². The predicted octanol–water partition coefficient (Wildman–Crippen LogP) is 3.12. The zero-order valence-electron chi connectivity index (χ0n) is 14.1. The van der Waals surface area contributed by atoms with Crippen LogP contribution in [-0.4, -0.2) is 28.4 Å². The SMILES string of the molecule is CCC(C)COc1ccc(COc2ncc(F)c(NCO)n2)cc1F. The topological polar surface area (TPSA) is 76.5 Å². The van der Waals surface area contributed by atoms with Crippen LogP contribution in [0, 0.1) is 17.6 Å². The fourth-order valence-corrected chi connectivity index (χ4v) is 1.87. The van der Waals surface area contributed by atoms with Crippen LogP contribution in [0.4, 0.5) is 14.6 Å². The molecule has 1 atom stereocenters. The van der Waals surface area contributed by atoms with Crippen LogP contribution in [0.2, 0.25) is 0 Å². The van der Waals surface area contributed by atoms with Gasteiger partial charge in [0.1, 0.15) is 13.3 Å². The average Bonchev–Trinajstić information content (AvgIpc) is 2.61. The molecule has 1 unspecified atom stereocenters. The number of ether oxygens (including phenoxy) is 2. The Morgan fingerprint density at radius 2 is 2.04 bits per heavy atom. The van der Waals surface area contributed by atoms with Crippen molar-refractivity contribution in [3.63, 3.8) is 0 Å². The second-order valence-electron chi connectivity index (χ2n) is 5.56. The number of aliphatic hydroxyl groups excluding tert-OH is 1. The van der Waals surface area contributed by atoms with Crippen molar-refractivity contribution in [2.45, 2.75) is 26.9 Å². The van der Waals surface area contributed by atoms with Gasteiger partial charge in [-0.3, -0.25) is 0 Å². The van der Waals surface area contributed by atoms with Crippen molar-refractivity contribution in [2.75, 3.05) is 18.7 Å². The van der Waals surface area contributed by atoms with E-state index in [1.807, 2.05) is 13.8 Å². The number of hydrogen-bond acceptors (Lipinski definition) is 6. The van der Waals surface area contributed by atoms with Crippen molar-refractivity contribution in [1.82, 2.24) is 9.97 Å². The molecule has 0 bridgehead atoms. The number of nitrogens with one attached hydrogen (secondary N) is 1. The van der Waals surface area contributed by atoms with E-state index in [1.54, 1.807) is 12.1 Å². The normalized spacial score (nSPS) is 11.9. The number of rotatable bonds is 9. The fourth-order valence-electron chi connectivity index (χ4n) is 1.87. The lowest BCUT2D eigenvalue weighted by Crippen LogP contribution is -2.09. The standard InChI is InChI=1S/C17H21F2N3O3/c1-3-11(2)8-24-15-5-4-12(6-13(15)18)9-25-17-20-7-14(19)16(22-17)21-10-23/h4-7,11,23H,3,8-10H2,1-2H3,(H,20,21,22). The second-order valence-corrected chi connectivity index (χ2v) is 5.56. The van der Waals surface area contributed by atoms with Gasteiger partial charge in [0.15, 0.2) is 23.2 Å². The number of benzene rings is 1. The Hall–Kier alpha value is -2.48. The zero-order valence-corrected chi connectivity index (χ0v) is 14.1. The summed E-state index contributed by atoms with van der Waals surface area (Å²) in [5.41, 5.74) is 0.554. The maximum Gasteiger partial charge on any atom is 0.318 e. The van der Waals surface area contributed by atoms with Crippen molar-refractivity contribution < 1.29 is 23.4 Å². The lowest BCUT2D eigenvalue weighted by Gasteiger charge is -2.12. The number of aliphatic hydroxyl groups is 1. The van der Waals surface area contributed by atoms with E-state index in [1.165, 1.54) is 6.07 Å². The largest absolute Gasteiger partial charge is 0.490 e. The molecule has 6 nitrogen and oxygen atoms in total. The molecule has 1 aromatic carbocycles. The van der Waals surface area contributed by atoms with Gasteiger partial charge < -0.3 is 19.9 Å². The van der Waals surface area contributed by atoms with Crippen molar-refractivity contribution in [1.29, 1.82) is 0 Å². The van der Waals surface area contributed by atoms with Crippen LogP contribution in [-0.2, 0) is 6.61 Å². The molecule has 0 spiro atoms. The highest BCUT2D eigenvalue weighted by molar-refractivity contribution is 5.35. The molecule has 2 N–H and O–H groups in total. The number of aromatic nitrogens is 2. The number of hydrogen-bond donors (Lipinski definition) is 2. The van der Waals surface area contributed by atoms with Gasteiger partial charge in [0.05, 0.1) is 12.8 Å². The molecule has 0 aliphatic carbocycles. The maximum atomic E-state index is 14.0. The molecule has 0 saturated carbocycles. The quantitative estimate of drug-likeness (QED) is 0.675. The van der Waals surface area contributed by atoms with E-state index < -0.39 is 18.4 Å². The first-order chi connectivity index (χ1) is 12.0. The van der Waals surface area contributed by atoms with E-state index >= 15 is 0 Å². The van der Waals surface area contributed by atoms with Gasteiger partial charge >= 0.3 is 6.01 Å². The summed E-state index contributed by atoms with van der Waals surface area (Å²) in [6.45, 7) is 4.06. The molecule has 2 rings (SSSR count). The zero-order chi connectivity index (χ0) is 18.2. The molecular formula is C17H21F2N3O3. The van der Waals surface area contributed by atoms with Gasteiger partial charge in [0, 0.05) is 0 Å². The van der Waals surface area contributed by atoms with Crippen molar-refractivity contribution >= 4 is 5.82 Å². The first-order valence-corrected chi connectivity index (χ1v) is 7.94. The predicted molar refractivity (Wildman–Crippen MR) is 88.4 cm³/mol. The number of nitrogens with zero attached hydrogens (tertiary/aromatic N) is 2. The van der Waals surface area contributed by atoms with E-state index in [-0.39, 0.29) is 24.2 Å². The van der Waals surface area contributed by atoms with Crippen molar-refractivity contribution in [2.24, 2.45) is 5.92 Å². The van der Waals surface area contributed by atoms with E-state index in [4.69, 9.17) is 14.6 Å². The van der Waals surface area contributed by atoms with Gasteiger partial charge in [-0.25, -0.2) is 13.8 Å². The fraction of sp³-hybridized carbons (Fsp3) is 0.412. The van der Waals surface area contributed by atoms with Gasteiger partial charge in [-0.2, -0.15) is 4.98 Å². The lowest BCUT2D eigenvalue weighted by atomic mass is 10.1. The Bertz CT molecular complexity index is 701. The van der Waals surface area contributed by atoms with Gasteiger partial charge in [0.2, 0.25) is 0 Å². The number of anilines is 1. The minimum atomic E-state index is -0.713. The van der Waals surface area contributed by atoms with Crippen molar-refractivity contribution in [3.8, 4) is 11.8 Å². The Balaban J connectivity index is 1.97. The van der Waals surface area contributed by atoms with Crippen LogP contribution in [0.15, 0.2) is 24.4 Å². The molecule has 0 amide bonds.